The lowest BCUT2D eigenvalue weighted by molar-refractivity contribution is -0.136. The molecule has 76 valence electrons. The Hall–Kier alpha value is -1.52. The summed E-state index contributed by atoms with van der Waals surface area (Å²) in [4.78, 5) is 28.9. The molecule has 0 spiro atoms. The average molecular weight is 196 g/mol. The minimum atomic E-state index is -0.677. The second-order valence-corrected chi connectivity index (χ2v) is 2.87. The number of rotatable bonds is 5. The highest BCUT2D eigenvalue weighted by molar-refractivity contribution is 6.66. The van der Waals surface area contributed by atoms with Crippen molar-refractivity contribution in [2.75, 3.05) is 6.61 Å². The van der Waals surface area contributed by atoms with E-state index in [4.69, 9.17) is 4.74 Å². The van der Waals surface area contributed by atoms with E-state index in [1.807, 2.05) is 0 Å². The Morgan fingerprint density at radius 3 is 2.86 bits per heavy atom. The Morgan fingerprint density at radius 2 is 2.29 bits per heavy atom. The standard InChI is InChI=1S/C9H12N2O3/c1-2-3-4-5-14-9(13)7-8(12)11-6-10-7/h6H,2-5H2,1H3. The molecule has 0 aliphatic carbocycles. The van der Waals surface area contributed by atoms with Crippen LogP contribution in [-0.2, 0) is 14.3 Å². The molecule has 0 atom stereocenters. The maximum Gasteiger partial charge on any atom is 0.362 e. The van der Waals surface area contributed by atoms with Crippen LogP contribution in [0.25, 0.3) is 0 Å². The van der Waals surface area contributed by atoms with Gasteiger partial charge >= 0.3 is 11.9 Å². The van der Waals surface area contributed by atoms with Crippen molar-refractivity contribution in [2.45, 2.75) is 26.2 Å². The quantitative estimate of drug-likeness (QED) is 0.480. The van der Waals surface area contributed by atoms with E-state index in [2.05, 4.69) is 16.9 Å². The topological polar surface area (TPSA) is 68.1 Å². The number of ether oxygens (including phenoxy) is 1. The lowest BCUT2D eigenvalue weighted by Crippen LogP contribution is -2.23. The summed E-state index contributed by atoms with van der Waals surface area (Å²) in [6.45, 7) is 2.39. The van der Waals surface area contributed by atoms with Crippen molar-refractivity contribution < 1.29 is 14.3 Å². The normalized spacial score (nSPS) is 14.4. The second kappa shape index (κ2) is 5.26. The zero-order chi connectivity index (χ0) is 10.4. The van der Waals surface area contributed by atoms with Crippen LogP contribution in [-0.4, -0.2) is 30.5 Å². The van der Waals surface area contributed by atoms with Gasteiger partial charge in [-0.1, -0.05) is 19.8 Å². The molecule has 5 heteroatoms. The van der Waals surface area contributed by atoms with Crippen LogP contribution in [0.1, 0.15) is 26.2 Å². The van der Waals surface area contributed by atoms with Crippen molar-refractivity contribution in [1.29, 1.82) is 0 Å². The van der Waals surface area contributed by atoms with E-state index in [1.54, 1.807) is 0 Å². The van der Waals surface area contributed by atoms with Crippen LogP contribution in [0.3, 0.4) is 0 Å². The summed E-state index contributed by atoms with van der Waals surface area (Å²) in [5, 5.41) is 0. The van der Waals surface area contributed by atoms with Gasteiger partial charge in [0.05, 0.1) is 6.61 Å². The molecule has 0 bridgehead atoms. The Bertz CT molecular complexity index is 294. The van der Waals surface area contributed by atoms with E-state index >= 15 is 0 Å². The number of unbranched alkanes of at least 4 members (excludes halogenated alkanes) is 2. The van der Waals surface area contributed by atoms with E-state index in [-0.39, 0.29) is 5.71 Å². The molecule has 0 unspecified atom stereocenters. The maximum atomic E-state index is 11.2. The predicted molar refractivity (Wildman–Crippen MR) is 51.4 cm³/mol. The molecule has 0 saturated carbocycles. The fourth-order valence-corrected chi connectivity index (χ4v) is 0.981. The molecule has 14 heavy (non-hydrogen) atoms. The third kappa shape index (κ3) is 2.76. The van der Waals surface area contributed by atoms with Gasteiger partial charge in [0.2, 0.25) is 5.71 Å². The summed E-state index contributed by atoms with van der Waals surface area (Å²) in [5.74, 6) is -1.30. The first kappa shape index (κ1) is 10.6. The number of esters is 1. The van der Waals surface area contributed by atoms with E-state index in [9.17, 15) is 9.59 Å². The molecule has 1 aliphatic heterocycles. The van der Waals surface area contributed by atoms with Gasteiger partial charge in [0, 0.05) is 0 Å². The molecule has 1 rings (SSSR count). The Balaban J connectivity index is 2.26. The summed E-state index contributed by atoms with van der Waals surface area (Å²) in [6.07, 6.45) is 3.93. The first-order chi connectivity index (χ1) is 6.75. The Morgan fingerprint density at radius 1 is 1.50 bits per heavy atom. The fourth-order valence-electron chi connectivity index (χ4n) is 0.981. The summed E-state index contributed by atoms with van der Waals surface area (Å²) < 4.78 is 4.83. The van der Waals surface area contributed by atoms with Gasteiger partial charge < -0.3 is 4.74 Å². The second-order valence-electron chi connectivity index (χ2n) is 2.87. The molecular weight excluding hydrogens is 184 g/mol. The third-order valence-corrected chi connectivity index (χ3v) is 1.74. The molecule has 0 fully saturated rings. The number of amides is 1. The minimum absolute atomic E-state index is 0.221. The predicted octanol–water partition coefficient (Wildman–Crippen LogP) is 0.729. The van der Waals surface area contributed by atoms with Crippen molar-refractivity contribution >= 4 is 23.9 Å². The van der Waals surface area contributed by atoms with Crippen LogP contribution in [0, 0.1) is 0 Å². The van der Waals surface area contributed by atoms with Gasteiger partial charge in [-0.25, -0.2) is 9.79 Å². The first-order valence-corrected chi connectivity index (χ1v) is 4.57. The molecule has 0 N–H and O–H groups in total. The van der Waals surface area contributed by atoms with Crippen molar-refractivity contribution in [2.24, 2.45) is 9.98 Å². The fraction of sp³-hybridized carbons (Fsp3) is 0.556. The van der Waals surface area contributed by atoms with Crippen LogP contribution in [0.2, 0.25) is 0 Å². The number of hydrogen-bond acceptors (Lipinski definition) is 4. The lowest BCUT2D eigenvalue weighted by atomic mass is 10.3. The van der Waals surface area contributed by atoms with E-state index in [1.165, 1.54) is 0 Å². The lowest BCUT2D eigenvalue weighted by Gasteiger charge is -2.01. The minimum Gasteiger partial charge on any atom is -0.461 e. The molecule has 0 aromatic heterocycles. The number of hydrogen-bond donors (Lipinski definition) is 0. The monoisotopic (exact) mass is 196 g/mol. The van der Waals surface area contributed by atoms with E-state index in [0.29, 0.717) is 6.61 Å². The van der Waals surface area contributed by atoms with Crippen LogP contribution in [0.15, 0.2) is 9.98 Å². The molecule has 0 aromatic carbocycles. The highest BCUT2D eigenvalue weighted by Crippen LogP contribution is 1.98. The zero-order valence-corrected chi connectivity index (χ0v) is 8.02. The van der Waals surface area contributed by atoms with Gasteiger partial charge in [-0.15, -0.1) is 0 Å². The SMILES string of the molecule is CCCCCOC(=O)C1=NC=NC1=O. The van der Waals surface area contributed by atoms with Gasteiger partial charge in [-0.3, -0.25) is 4.79 Å². The van der Waals surface area contributed by atoms with Gasteiger partial charge in [-0.05, 0) is 6.42 Å². The molecule has 1 heterocycles. The van der Waals surface area contributed by atoms with Crippen molar-refractivity contribution in [3.63, 3.8) is 0 Å². The van der Waals surface area contributed by atoms with Crippen LogP contribution < -0.4 is 0 Å². The van der Waals surface area contributed by atoms with E-state index in [0.717, 1.165) is 25.6 Å². The molecule has 1 amide bonds. The van der Waals surface area contributed by atoms with Gasteiger partial charge in [-0.2, -0.15) is 4.99 Å². The molecule has 0 aromatic rings. The Kier molecular flexibility index (Phi) is 3.97. The smallest absolute Gasteiger partial charge is 0.362 e. The molecule has 0 saturated heterocycles. The highest BCUT2D eigenvalue weighted by atomic mass is 16.5. The molecule has 1 aliphatic rings. The number of nitrogens with zero attached hydrogens (tertiary/aromatic N) is 2. The van der Waals surface area contributed by atoms with Crippen molar-refractivity contribution in [3.05, 3.63) is 0 Å². The van der Waals surface area contributed by atoms with Gasteiger partial charge in [0.25, 0.3) is 0 Å². The highest BCUT2D eigenvalue weighted by Gasteiger charge is 2.23. The van der Waals surface area contributed by atoms with Gasteiger partial charge in [0.15, 0.2) is 0 Å². The molecular formula is C9H12N2O3. The number of carbonyl (C=O) groups is 2. The first-order valence-electron chi connectivity index (χ1n) is 4.57. The van der Waals surface area contributed by atoms with Crippen LogP contribution in [0.4, 0.5) is 0 Å². The Labute approximate surface area is 81.9 Å². The summed E-state index contributed by atoms with van der Waals surface area (Å²) in [5.41, 5.74) is -0.221. The van der Waals surface area contributed by atoms with Crippen LogP contribution >= 0.6 is 0 Å². The van der Waals surface area contributed by atoms with Crippen LogP contribution in [0.5, 0.6) is 0 Å². The third-order valence-electron chi connectivity index (χ3n) is 1.74. The van der Waals surface area contributed by atoms with Gasteiger partial charge in [0.1, 0.15) is 6.34 Å². The van der Waals surface area contributed by atoms with E-state index < -0.39 is 11.9 Å². The summed E-state index contributed by atoms with van der Waals surface area (Å²) in [6, 6.07) is 0. The maximum absolute atomic E-state index is 11.2. The zero-order valence-electron chi connectivity index (χ0n) is 8.02. The van der Waals surface area contributed by atoms with Crippen molar-refractivity contribution in [3.8, 4) is 0 Å². The van der Waals surface area contributed by atoms with Crippen molar-refractivity contribution in [1.82, 2.24) is 0 Å². The summed E-state index contributed by atoms with van der Waals surface area (Å²) >= 11 is 0. The largest absolute Gasteiger partial charge is 0.461 e. The molecule has 0 radical (unpaired) electrons. The summed E-state index contributed by atoms with van der Waals surface area (Å²) in [7, 11) is 0. The number of carbonyl (C=O) groups excluding carboxylic acids is 2. The average Bonchev–Trinajstić information content (AvgIpc) is 2.59. The molecule has 5 nitrogen and oxygen atoms in total. The number of aliphatic imine (C=N–C) groups is 2.